The Morgan fingerprint density at radius 1 is 1.42 bits per heavy atom. The van der Waals surface area contributed by atoms with E-state index < -0.39 is 0 Å². The van der Waals surface area contributed by atoms with Crippen molar-refractivity contribution in [3.8, 4) is 0 Å². The molecule has 1 saturated heterocycles. The fraction of sp³-hybridized carbons (Fsp3) is 0.600. The van der Waals surface area contributed by atoms with Crippen molar-refractivity contribution in [3.05, 3.63) is 24.3 Å². The van der Waals surface area contributed by atoms with E-state index in [-0.39, 0.29) is 6.10 Å². The van der Waals surface area contributed by atoms with Gasteiger partial charge in [0.2, 0.25) is 0 Å². The number of hydrogen-bond donors (Lipinski definition) is 2. The molecule has 0 bridgehead atoms. The van der Waals surface area contributed by atoms with Crippen molar-refractivity contribution < 1.29 is 5.11 Å². The highest BCUT2D eigenvalue weighted by Gasteiger charge is 2.16. The standard InChI is InChI=1S/C10H17NO/c1-2-3-4-5-9-8-10(12)6-7-11-9/h2-5,9-12H,6-8H2,1H3/b3-2+,5-4+/t9-,10+/m1/s1. The highest BCUT2D eigenvalue weighted by Crippen LogP contribution is 2.08. The van der Waals surface area contributed by atoms with Gasteiger partial charge < -0.3 is 10.4 Å². The summed E-state index contributed by atoms with van der Waals surface area (Å²) in [6.07, 6.45) is 9.73. The summed E-state index contributed by atoms with van der Waals surface area (Å²) in [7, 11) is 0. The Morgan fingerprint density at radius 3 is 2.92 bits per heavy atom. The van der Waals surface area contributed by atoms with Crippen LogP contribution in [0.4, 0.5) is 0 Å². The Hall–Kier alpha value is -0.600. The molecule has 2 heteroatoms. The average molecular weight is 167 g/mol. The third kappa shape index (κ3) is 3.20. The van der Waals surface area contributed by atoms with Gasteiger partial charge in [-0.3, -0.25) is 0 Å². The van der Waals surface area contributed by atoms with Crippen molar-refractivity contribution in [2.45, 2.75) is 31.9 Å². The van der Waals surface area contributed by atoms with Crippen LogP contribution in [-0.2, 0) is 0 Å². The summed E-state index contributed by atoms with van der Waals surface area (Å²) in [5.41, 5.74) is 0. The van der Waals surface area contributed by atoms with Crippen LogP contribution in [0.25, 0.3) is 0 Å². The first-order valence-electron chi connectivity index (χ1n) is 4.54. The van der Waals surface area contributed by atoms with Crippen molar-refractivity contribution in [2.75, 3.05) is 6.54 Å². The summed E-state index contributed by atoms with van der Waals surface area (Å²) in [6, 6.07) is 0.352. The van der Waals surface area contributed by atoms with E-state index in [9.17, 15) is 5.11 Å². The predicted octanol–water partition coefficient (Wildman–Crippen LogP) is 1.23. The number of rotatable bonds is 2. The minimum absolute atomic E-state index is 0.119. The molecule has 0 unspecified atom stereocenters. The lowest BCUT2D eigenvalue weighted by Crippen LogP contribution is -2.38. The van der Waals surface area contributed by atoms with Gasteiger partial charge in [0.1, 0.15) is 0 Å². The first-order valence-corrected chi connectivity index (χ1v) is 4.54. The summed E-state index contributed by atoms with van der Waals surface area (Å²) in [4.78, 5) is 0. The molecule has 0 spiro atoms. The lowest BCUT2D eigenvalue weighted by molar-refractivity contribution is 0.125. The maximum atomic E-state index is 9.34. The lowest BCUT2D eigenvalue weighted by atomic mass is 10.0. The smallest absolute Gasteiger partial charge is 0.0570 e. The Kier molecular flexibility index (Phi) is 4.05. The van der Waals surface area contributed by atoms with E-state index >= 15 is 0 Å². The molecule has 0 aromatic heterocycles. The molecular formula is C10H17NO. The van der Waals surface area contributed by atoms with Crippen LogP contribution in [0.15, 0.2) is 24.3 Å². The van der Waals surface area contributed by atoms with E-state index in [2.05, 4.69) is 11.4 Å². The Balaban J connectivity index is 2.31. The van der Waals surface area contributed by atoms with Crippen molar-refractivity contribution in [1.82, 2.24) is 5.32 Å². The summed E-state index contributed by atoms with van der Waals surface area (Å²) < 4.78 is 0. The van der Waals surface area contributed by atoms with Crippen LogP contribution in [0, 0.1) is 0 Å². The Labute approximate surface area is 74.0 Å². The maximum Gasteiger partial charge on any atom is 0.0570 e. The third-order valence-electron chi connectivity index (χ3n) is 2.06. The van der Waals surface area contributed by atoms with Gasteiger partial charge in [0.05, 0.1) is 6.10 Å². The largest absolute Gasteiger partial charge is 0.393 e. The number of hydrogen-bond acceptors (Lipinski definition) is 2. The zero-order chi connectivity index (χ0) is 8.81. The van der Waals surface area contributed by atoms with Crippen LogP contribution in [0.1, 0.15) is 19.8 Å². The fourth-order valence-electron chi connectivity index (χ4n) is 1.39. The van der Waals surface area contributed by atoms with Crippen LogP contribution in [0.2, 0.25) is 0 Å². The van der Waals surface area contributed by atoms with Gasteiger partial charge in [-0.25, -0.2) is 0 Å². The molecule has 2 atom stereocenters. The highest BCUT2D eigenvalue weighted by atomic mass is 16.3. The van der Waals surface area contributed by atoms with E-state index in [1.54, 1.807) is 0 Å². The topological polar surface area (TPSA) is 32.3 Å². The molecule has 0 radical (unpaired) electrons. The van der Waals surface area contributed by atoms with Crippen molar-refractivity contribution in [2.24, 2.45) is 0 Å². The Morgan fingerprint density at radius 2 is 2.25 bits per heavy atom. The zero-order valence-electron chi connectivity index (χ0n) is 7.53. The van der Waals surface area contributed by atoms with Crippen molar-refractivity contribution in [1.29, 1.82) is 0 Å². The van der Waals surface area contributed by atoms with Gasteiger partial charge in [0.15, 0.2) is 0 Å². The molecular weight excluding hydrogens is 150 g/mol. The minimum atomic E-state index is -0.119. The van der Waals surface area contributed by atoms with Crippen LogP contribution in [0.3, 0.4) is 0 Å². The molecule has 1 heterocycles. The molecule has 68 valence electrons. The van der Waals surface area contributed by atoms with E-state index in [4.69, 9.17) is 0 Å². The zero-order valence-corrected chi connectivity index (χ0v) is 7.53. The molecule has 0 aromatic rings. The molecule has 1 aliphatic rings. The SMILES string of the molecule is C/C=C/C=C/[C@@H]1C[C@@H](O)CCN1. The molecule has 12 heavy (non-hydrogen) atoms. The van der Waals surface area contributed by atoms with Gasteiger partial charge in [-0.1, -0.05) is 24.3 Å². The van der Waals surface area contributed by atoms with Gasteiger partial charge >= 0.3 is 0 Å². The summed E-state index contributed by atoms with van der Waals surface area (Å²) in [5, 5.41) is 12.7. The van der Waals surface area contributed by atoms with Crippen molar-refractivity contribution in [3.63, 3.8) is 0 Å². The van der Waals surface area contributed by atoms with E-state index in [1.165, 1.54) is 0 Å². The second-order valence-corrected chi connectivity index (χ2v) is 3.15. The first kappa shape index (κ1) is 9.49. The second kappa shape index (κ2) is 5.12. The highest BCUT2D eigenvalue weighted by molar-refractivity contribution is 5.06. The number of piperidine rings is 1. The van der Waals surface area contributed by atoms with Gasteiger partial charge in [-0.05, 0) is 26.3 Å². The molecule has 0 saturated carbocycles. The predicted molar refractivity (Wildman–Crippen MR) is 51.0 cm³/mol. The van der Waals surface area contributed by atoms with Crippen molar-refractivity contribution >= 4 is 0 Å². The summed E-state index contributed by atoms with van der Waals surface area (Å²) in [5.74, 6) is 0. The number of aliphatic hydroxyl groups excluding tert-OH is 1. The molecule has 1 rings (SSSR count). The first-order chi connectivity index (χ1) is 5.83. The monoisotopic (exact) mass is 167 g/mol. The number of aliphatic hydroxyl groups is 1. The molecule has 0 amide bonds. The fourth-order valence-corrected chi connectivity index (χ4v) is 1.39. The molecule has 1 aliphatic heterocycles. The van der Waals surface area contributed by atoms with E-state index in [0.717, 1.165) is 19.4 Å². The van der Waals surface area contributed by atoms with Gasteiger partial charge in [0, 0.05) is 6.04 Å². The third-order valence-corrected chi connectivity index (χ3v) is 2.06. The van der Waals surface area contributed by atoms with Gasteiger partial charge in [-0.2, -0.15) is 0 Å². The van der Waals surface area contributed by atoms with Gasteiger partial charge in [0.25, 0.3) is 0 Å². The molecule has 1 fully saturated rings. The Bertz CT molecular complexity index is 175. The number of nitrogens with one attached hydrogen (secondary N) is 1. The maximum absolute atomic E-state index is 9.34. The normalized spacial score (nSPS) is 31.8. The molecule has 0 aromatic carbocycles. The quantitative estimate of drug-likeness (QED) is 0.606. The second-order valence-electron chi connectivity index (χ2n) is 3.15. The van der Waals surface area contributed by atoms with Crippen LogP contribution < -0.4 is 5.32 Å². The minimum Gasteiger partial charge on any atom is -0.393 e. The van der Waals surface area contributed by atoms with E-state index in [1.807, 2.05) is 25.2 Å². The molecule has 2 N–H and O–H groups in total. The van der Waals surface area contributed by atoms with Gasteiger partial charge in [-0.15, -0.1) is 0 Å². The lowest BCUT2D eigenvalue weighted by Gasteiger charge is -2.24. The summed E-state index contributed by atoms with van der Waals surface area (Å²) >= 11 is 0. The van der Waals surface area contributed by atoms with Crippen LogP contribution in [0.5, 0.6) is 0 Å². The van der Waals surface area contributed by atoms with E-state index in [0.29, 0.717) is 6.04 Å². The van der Waals surface area contributed by atoms with Crippen LogP contribution in [-0.4, -0.2) is 23.8 Å². The molecule has 2 nitrogen and oxygen atoms in total. The summed E-state index contributed by atoms with van der Waals surface area (Å²) in [6.45, 7) is 2.92. The number of allylic oxidation sites excluding steroid dienone is 3. The molecule has 0 aliphatic carbocycles. The van der Waals surface area contributed by atoms with Crippen LogP contribution >= 0.6 is 0 Å². The average Bonchev–Trinajstić information content (AvgIpc) is 2.05.